The maximum Gasteiger partial charge on any atom is 0.220 e. The first-order chi connectivity index (χ1) is 12.2. The first kappa shape index (κ1) is 15.1. The minimum Gasteiger partial charge on any atom is -0.369 e. The zero-order valence-electron chi connectivity index (χ0n) is 14.0. The highest BCUT2D eigenvalue weighted by Crippen LogP contribution is 2.46. The standard InChI is InChI=1S/C17H21N7S/c18-14-21-15(19)24(17(22-14)6-2-1-3-7-17)11-4-5-13-12(10-11)23-9-8-20-16(23)25-13/h4-5,10H,1-3,6-9H2,(H4,18,19,21,22). The molecule has 1 fully saturated rings. The van der Waals surface area contributed by atoms with Crippen LogP contribution in [0.1, 0.15) is 32.1 Å². The fourth-order valence-electron chi connectivity index (χ4n) is 4.27. The van der Waals surface area contributed by atoms with Crippen molar-refractivity contribution in [1.82, 2.24) is 0 Å². The second-order valence-corrected chi connectivity index (χ2v) is 7.90. The van der Waals surface area contributed by atoms with Crippen LogP contribution in [-0.4, -0.2) is 35.8 Å². The summed E-state index contributed by atoms with van der Waals surface area (Å²) >= 11 is 1.74. The Morgan fingerprint density at radius 3 is 2.80 bits per heavy atom. The molecule has 0 saturated heterocycles. The van der Waals surface area contributed by atoms with Crippen molar-refractivity contribution >= 4 is 40.2 Å². The third kappa shape index (κ3) is 2.23. The second-order valence-electron chi connectivity index (χ2n) is 6.89. The number of nitrogens with two attached hydrogens (primary N) is 2. The first-order valence-electron chi connectivity index (χ1n) is 8.80. The highest BCUT2D eigenvalue weighted by atomic mass is 32.2. The van der Waals surface area contributed by atoms with Gasteiger partial charge in [-0.3, -0.25) is 9.89 Å². The molecule has 25 heavy (non-hydrogen) atoms. The monoisotopic (exact) mass is 355 g/mol. The van der Waals surface area contributed by atoms with Crippen LogP contribution in [0.4, 0.5) is 11.4 Å². The number of thioether (sulfide) groups is 1. The Bertz CT molecular complexity index is 822. The third-order valence-corrected chi connectivity index (χ3v) is 6.44. The normalized spacial score (nSPS) is 23.9. The third-order valence-electron chi connectivity index (χ3n) is 5.35. The Kier molecular flexibility index (Phi) is 3.25. The molecule has 7 nitrogen and oxygen atoms in total. The summed E-state index contributed by atoms with van der Waals surface area (Å²) in [4.78, 5) is 19.2. The van der Waals surface area contributed by atoms with Gasteiger partial charge in [0.05, 0.1) is 12.2 Å². The lowest BCUT2D eigenvalue weighted by Crippen LogP contribution is -2.58. The van der Waals surface area contributed by atoms with E-state index in [0.29, 0.717) is 11.9 Å². The highest BCUT2D eigenvalue weighted by molar-refractivity contribution is 8.14. The largest absolute Gasteiger partial charge is 0.369 e. The van der Waals surface area contributed by atoms with Crippen molar-refractivity contribution in [2.24, 2.45) is 26.4 Å². The molecule has 5 rings (SSSR count). The Labute approximate surface area is 150 Å². The van der Waals surface area contributed by atoms with E-state index in [1.807, 2.05) is 0 Å². The van der Waals surface area contributed by atoms with Crippen LogP contribution in [0.2, 0.25) is 0 Å². The smallest absolute Gasteiger partial charge is 0.220 e. The summed E-state index contributed by atoms with van der Waals surface area (Å²) in [5, 5.41) is 1.10. The molecule has 1 spiro atoms. The van der Waals surface area contributed by atoms with Gasteiger partial charge in [-0.15, -0.1) is 0 Å². The quantitative estimate of drug-likeness (QED) is 0.804. The van der Waals surface area contributed by atoms with Gasteiger partial charge < -0.3 is 16.4 Å². The minimum atomic E-state index is -0.393. The molecule has 1 aromatic rings. The maximum atomic E-state index is 6.33. The Morgan fingerprint density at radius 2 is 1.96 bits per heavy atom. The summed E-state index contributed by atoms with van der Waals surface area (Å²) in [6.07, 6.45) is 5.39. The summed E-state index contributed by atoms with van der Waals surface area (Å²) in [5.74, 6) is 0.733. The highest BCUT2D eigenvalue weighted by Gasteiger charge is 2.43. The molecular weight excluding hydrogens is 334 g/mol. The lowest BCUT2D eigenvalue weighted by molar-refractivity contribution is 0.305. The van der Waals surface area contributed by atoms with Crippen LogP contribution >= 0.6 is 11.8 Å². The van der Waals surface area contributed by atoms with Gasteiger partial charge in [-0.25, -0.2) is 4.99 Å². The SMILES string of the molecule is NC1=NC2(CCCCC2)N(c2ccc3c(c2)N2CCN=C2S3)C(N)=N1. The molecule has 1 aromatic carbocycles. The molecule has 4 N–H and O–H groups in total. The van der Waals surface area contributed by atoms with Gasteiger partial charge in [0, 0.05) is 17.1 Å². The average molecular weight is 355 g/mol. The molecule has 130 valence electrons. The number of fused-ring (bicyclic) bond motifs is 3. The van der Waals surface area contributed by atoms with E-state index in [4.69, 9.17) is 16.5 Å². The number of nitrogens with zero attached hydrogens (tertiary/aromatic N) is 5. The van der Waals surface area contributed by atoms with E-state index in [0.717, 1.165) is 49.6 Å². The molecule has 1 saturated carbocycles. The van der Waals surface area contributed by atoms with Gasteiger partial charge in [-0.05, 0) is 55.6 Å². The molecule has 0 aromatic heterocycles. The van der Waals surface area contributed by atoms with E-state index in [-0.39, 0.29) is 0 Å². The zero-order valence-corrected chi connectivity index (χ0v) is 14.8. The van der Waals surface area contributed by atoms with Gasteiger partial charge in [-0.1, -0.05) is 6.42 Å². The van der Waals surface area contributed by atoms with Crippen molar-refractivity contribution in [3.05, 3.63) is 18.2 Å². The Hall–Kier alpha value is -2.22. The van der Waals surface area contributed by atoms with Gasteiger partial charge in [0.15, 0.2) is 5.17 Å². The number of hydrogen-bond acceptors (Lipinski definition) is 8. The van der Waals surface area contributed by atoms with Crippen LogP contribution in [0.5, 0.6) is 0 Å². The van der Waals surface area contributed by atoms with Crippen LogP contribution < -0.4 is 21.3 Å². The topological polar surface area (TPSA) is 95.6 Å². The van der Waals surface area contributed by atoms with Gasteiger partial charge in [-0.2, -0.15) is 4.99 Å². The lowest BCUT2D eigenvalue weighted by atomic mass is 9.87. The van der Waals surface area contributed by atoms with E-state index >= 15 is 0 Å². The van der Waals surface area contributed by atoms with Gasteiger partial charge in [0.1, 0.15) is 5.66 Å². The summed E-state index contributed by atoms with van der Waals surface area (Å²) in [5.41, 5.74) is 14.1. The zero-order chi connectivity index (χ0) is 17.0. The van der Waals surface area contributed by atoms with Crippen LogP contribution in [0.25, 0.3) is 0 Å². The van der Waals surface area contributed by atoms with Crippen LogP contribution in [-0.2, 0) is 0 Å². The van der Waals surface area contributed by atoms with E-state index in [9.17, 15) is 0 Å². The number of hydrogen-bond donors (Lipinski definition) is 2. The van der Waals surface area contributed by atoms with Crippen molar-refractivity contribution in [3.63, 3.8) is 0 Å². The molecule has 0 atom stereocenters. The van der Waals surface area contributed by atoms with Gasteiger partial charge in [0.25, 0.3) is 0 Å². The second kappa shape index (κ2) is 5.39. The Morgan fingerprint density at radius 1 is 1.12 bits per heavy atom. The number of aliphatic imine (C=N–C) groups is 3. The van der Waals surface area contributed by atoms with Crippen molar-refractivity contribution in [3.8, 4) is 0 Å². The van der Waals surface area contributed by atoms with Crippen molar-refractivity contribution in [1.29, 1.82) is 0 Å². The van der Waals surface area contributed by atoms with Crippen molar-refractivity contribution in [2.75, 3.05) is 22.9 Å². The van der Waals surface area contributed by atoms with Crippen LogP contribution in [0.15, 0.2) is 38.1 Å². The molecule has 3 aliphatic heterocycles. The molecule has 0 amide bonds. The molecule has 0 unspecified atom stereocenters. The molecule has 3 heterocycles. The number of benzene rings is 1. The molecule has 1 aliphatic carbocycles. The maximum absolute atomic E-state index is 6.33. The average Bonchev–Trinajstić information content (AvgIpc) is 3.16. The van der Waals surface area contributed by atoms with Crippen LogP contribution in [0, 0.1) is 0 Å². The molecule has 0 radical (unpaired) electrons. The Balaban J connectivity index is 1.59. The minimum absolute atomic E-state index is 0.293. The van der Waals surface area contributed by atoms with E-state index in [2.05, 4.69) is 38.0 Å². The van der Waals surface area contributed by atoms with E-state index in [1.54, 1.807) is 11.8 Å². The van der Waals surface area contributed by atoms with Crippen molar-refractivity contribution in [2.45, 2.75) is 42.7 Å². The van der Waals surface area contributed by atoms with Crippen LogP contribution in [0.3, 0.4) is 0 Å². The number of amidine groups is 1. The van der Waals surface area contributed by atoms with E-state index in [1.165, 1.54) is 17.0 Å². The number of rotatable bonds is 1. The molecular formula is C17H21N7S. The first-order valence-corrected chi connectivity index (χ1v) is 9.62. The predicted octanol–water partition coefficient (Wildman–Crippen LogP) is 2.08. The fraction of sp³-hybridized carbons (Fsp3) is 0.471. The summed E-state index contributed by atoms with van der Waals surface area (Å²) in [6.45, 7) is 1.81. The van der Waals surface area contributed by atoms with Gasteiger partial charge >= 0.3 is 0 Å². The predicted molar refractivity (Wildman–Crippen MR) is 103 cm³/mol. The molecule has 8 heteroatoms. The molecule has 4 aliphatic rings. The fourth-order valence-corrected chi connectivity index (χ4v) is 5.33. The number of guanidine groups is 2. The molecule has 0 bridgehead atoms. The number of anilines is 2. The summed E-state index contributed by atoms with van der Waals surface area (Å²) in [6, 6.07) is 6.47. The summed E-state index contributed by atoms with van der Waals surface area (Å²) in [7, 11) is 0. The lowest BCUT2D eigenvalue weighted by Gasteiger charge is -2.45. The van der Waals surface area contributed by atoms with Crippen molar-refractivity contribution < 1.29 is 0 Å². The van der Waals surface area contributed by atoms with E-state index < -0.39 is 5.66 Å². The summed E-state index contributed by atoms with van der Waals surface area (Å²) < 4.78 is 0. The van der Waals surface area contributed by atoms with Gasteiger partial charge in [0.2, 0.25) is 11.9 Å².